The van der Waals surface area contributed by atoms with Crippen LogP contribution in [0.5, 0.6) is 0 Å². The third-order valence-electron chi connectivity index (χ3n) is 4.87. The van der Waals surface area contributed by atoms with Crippen molar-refractivity contribution in [2.24, 2.45) is 0 Å². The average Bonchev–Trinajstić information content (AvgIpc) is 3.17. The van der Waals surface area contributed by atoms with Gasteiger partial charge >= 0.3 is 11.9 Å². The Hall–Kier alpha value is -3.40. The molecule has 1 N–H and O–H groups in total. The lowest BCUT2D eigenvalue weighted by atomic mass is 10.1. The molecule has 0 bridgehead atoms. The highest BCUT2D eigenvalue weighted by Crippen LogP contribution is 2.28. The minimum Gasteiger partial charge on any atom is -0.465 e. The Bertz CT molecular complexity index is 1120. The van der Waals surface area contributed by atoms with Crippen LogP contribution in [-0.4, -0.2) is 47.0 Å². The maximum Gasteiger partial charge on any atom is 0.337 e. The second kappa shape index (κ2) is 8.76. The number of hydrogen-bond donors (Lipinski definition) is 1. The van der Waals surface area contributed by atoms with Crippen LogP contribution in [0.2, 0.25) is 0 Å². The largest absolute Gasteiger partial charge is 0.465 e. The SMILES string of the molecule is COC(=O)c1cc(NS(=O)(=O)c2ccc(N3CCCC3=O)c(C)c2)cc(C(=O)OC)c1. The number of carbonyl (C=O) groups is 3. The van der Waals surface area contributed by atoms with Crippen LogP contribution in [0.3, 0.4) is 0 Å². The summed E-state index contributed by atoms with van der Waals surface area (Å²) in [5.41, 5.74) is 1.28. The number of benzene rings is 2. The Kier molecular flexibility index (Phi) is 6.30. The summed E-state index contributed by atoms with van der Waals surface area (Å²) in [5, 5.41) is 0. The first kappa shape index (κ1) is 22.3. The number of carbonyl (C=O) groups excluding carboxylic acids is 3. The number of sulfonamides is 1. The summed E-state index contributed by atoms with van der Waals surface area (Å²) < 4.78 is 37.6. The van der Waals surface area contributed by atoms with E-state index in [2.05, 4.69) is 14.2 Å². The summed E-state index contributed by atoms with van der Waals surface area (Å²) in [6.45, 7) is 2.33. The molecule has 2 aromatic carbocycles. The molecule has 1 amide bonds. The van der Waals surface area contributed by atoms with Crippen LogP contribution in [0.15, 0.2) is 41.3 Å². The number of amides is 1. The van der Waals surface area contributed by atoms with E-state index in [1.54, 1.807) is 17.9 Å². The lowest BCUT2D eigenvalue weighted by Crippen LogP contribution is -2.24. The van der Waals surface area contributed by atoms with Gasteiger partial charge in [-0.3, -0.25) is 9.52 Å². The summed E-state index contributed by atoms with van der Waals surface area (Å²) >= 11 is 0. The van der Waals surface area contributed by atoms with Crippen molar-refractivity contribution in [3.63, 3.8) is 0 Å². The van der Waals surface area contributed by atoms with E-state index in [4.69, 9.17) is 0 Å². The molecule has 1 fully saturated rings. The van der Waals surface area contributed by atoms with Crippen LogP contribution in [0.25, 0.3) is 0 Å². The average molecular weight is 446 g/mol. The van der Waals surface area contributed by atoms with Gasteiger partial charge < -0.3 is 14.4 Å². The zero-order chi connectivity index (χ0) is 22.8. The molecule has 2 aromatic rings. The van der Waals surface area contributed by atoms with Gasteiger partial charge in [0.25, 0.3) is 10.0 Å². The van der Waals surface area contributed by atoms with Gasteiger partial charge in [0.1, 0.15) is 0 Å². The van der Waals surface area contributed by atoms with E-state index in [1.165, 1.54) is 44.6 Å². The number of ether oxygens (including phenoxy) is 2. The molecule has 1 aliphatic heterocycles. The predicted octanol–water partition coefficient (Wildman–Crippen LogP) is 2.50. The summed E-state index contributed by atoms with van der Waals surface area (Å²) in [4.78, 5) is 37.4. The number of nitrogens with one attached hydrogen (secondary N) is 1. The first-order chi connectivity index (χ1) is 14.7. The predicted molar refractivity (Wildman–Crippen MR) is 113 cm³/mol. The van der Waals surface area contributed by atoms with E-state index >= 15 is 0 Å². The monoisotopic (exact) mass is 446 g/mol. The molecule has 0 aliphatic carbocycles. The van der Waals surface area contributed by atoms with Crippen LogP contribution in [0.4, 0.5) is 11.4 Å². The number of rotatable bonds is 6. The van der Waals surface area contributed by atoms with Crippen molar-refractivity contribution in [2.45, 2.75) is 24.7 Å². The molecule has 10 heteroatoms. The highest BCUT2D eigenvalue weighted by molar-refractivity contribution is 7.92. The van der Waals surface area contributed by atoms with Crippen molar-refractivity contribution in [3.05, 3.63) is 53.1 Å². The normalized spacial score (nSPS) is 13.8. The molecular formula is C21H22N2O7S. The van der Waals surface area contributed by atoms with E-state index in [-0.39, 0.29) is 27.6 Å². The maximum absolute atomic E-state index is 12.9. The van der Waals surface area contributed by atoms with Gasteiger partial charge in [0.15, 0.2) is 0 Å². The quantitative estimate of drug-likeness (QED) is 0.677. The molecule has 3 rings (SSSR count). The van der Waals surface area contributed by atoms with Crippen molar-refractivity contribution in [2.75, 3.05) is 30.4 Å². The smallest absolute Gasteiger partial charge is 0.337 e. The van der Waals surface area contributed by atoms with Crippen molar-refractivity contribution in [3.8, 4) is 0 Å². The maximum atomic E-state index is 12.9. The molecule has 31 heavy (non-hydrogen) atoms. The van der Waals surface area contributed by atoms with Gasteiger partial charge in [-0.25, -0.2) is 18.0 Å². The minimum atomic E-state index is -4.05. The first-order valence-electron chi connectivity index (χ1n) is 9.42. The Labute approximate surface area is 180 Å². The molecule has 164 valence electrons. The standard InChI is InChI=1S/C21H22N2O7S/c1-13-9-17(6-7-18(13)23-8-4-5-19(23)24)31(27,28)22-16-11-14(20(25)29-2)10-15(12-16)21(26)30-3/h6-7,9-12,22H,4-5,8H2,1-3H3. The second-order valence-corrected chi connectivity index (χ2v) is 8.67. The van der Waals surface area contributed by atoms with Gasteiger partial charge in [0.05, 0.1) is 35.9 Å². The number of hydrogen-bond acceptors (Lipinski definition) is 7. The fraction of sp³-hybridized carbons (Fsp3) is 0.286. The van der Waals surface area contributed by atoms with Crippen LogP contribution in [0.1, 0.15) is 39.1 Å². The summed E-state index contributed by atoms with van der Waals surface area (Å²) in [5.74, 6) is -1.46. The molecule has 1 saturated heterocycles. The third kappa shape index (κ3) is 4.69. The van der Waals surface area contributed by atoms with Crippen molar-refractivity contribution in [1.29, 1.82) is 0 Å². The molecule has 0 saturated carbocycles. The molecule has 0 unspecified atom stereocenters. The van der Waals surface area contributed by atoms with E-state index in [9.17, 15) is 22.8 Å². The first-order valence-corrected chi connectivity index (χ1v) is 10.9. The number of anilines is 2. The van der Waals surface area contributed by atoms with Gasteiger partial charge in [0, 0.05) is 18.7 Å². The van der Waals surface area contributed by atoms with Gasteiger partial charge in [-0.2, -0.15) is 0 Å². The third-order valence-corrected chi connectivity index (χ3v) is 6.25. The zero-order valence-corrected chi connectivity index (χ0v) is 18.1. The highest BCUT2D eigenvalue weighted by atomic mass is 32.2. The molecular weight excluding hydrogens is 424 g/mol. The summed E-state index contributed by atoms with van der Waals surface area (Å²) in [6, 6.07) is 8.25. The van der Waals surface area contributed by atoms with Crippen LogP contribution in [-0.2, 0) is 24.3 Å². The lowest BCUT2D eigenvalue weighted by Gasteiger charge is -2.19. The highest BCUT2D eigenvalue weighted by Gasteiger charge is 2.25. The van der Waals surface area contributed by atoms with E-state index in [0.717, 1.165) is 6.42 Å². The summed E-state index contributed by atoms with van der Waals surface area (Å²) in [6.07, 6.45) is 1.24. The fourth-order valence-electron chi connectivity index (χ4n) is 3.37. The van der Waals surface area contributed by atoms with Gasteiger partial charge in [-0.15, -0.1) is 0 Å². The lowest BCUT2D eigenvalue weighted by molar-refractivity contribution is -0.117. The molecule has 0 radical (unpaired) electrons. The molecule has 1 aliphatic rings. The van der Waals surface area contributed by atoms with Crippen molar-refractivity contribution >= 4 is 39.2 Å². The Morgan fingerprint density at radius 3 is 2.10 bits per heavy atom. The van der Waals surface area contributed by atoms with Crippen molar-refractivity contribution < 1.29 is 32.3 Å². The molecule has 1 heterocycles. The molecule has 0 atom stereocenters. The number of methoxy groups -OCH3 is 2. The van der Waals surface area contributed by atoms with E-state index < -0.39 is 22.0 Å². The number of esters is 2. The molecule has 9 nitrogen and oxygen atoms in total. The summed E-state index contributed by atoms with van der Waals surface area (Å²) in [7, 11) is -1.70. The fourth-order valence-corrected chi connectivity index (χ4v) is 4.50. The van der Waals surface area contributed by atoms with Crippen LogP contribution in [0, 0.1) is 6.92 Å². The van der Waals surface area contributed by atoms with Crippen LogP contribution < -0.4 is 9.62 Å². The Balaban J connectivity index is 1.94. The van der Waals surface area contributed by atoms with E-state index in [0.29, 0.717) is 24.2 Å². The van der Waals surface area contributed by atoms with Gasteiger partial charge in [-0.05, 0) is 55.3 Å². The Morgan fingerprint density at radius 1 is 1.00 bits per heavy atom. The second-order valence-electron chi connectivity index (χ2n) is 6.98. The van der Waals surface area contributed by atoms with Gasteiger partial charge in [0.2, 0.25) is 5.91 Å². The Morgan fingerprint density at radius 2 is 1.61 bits per heavy atom. The minimum absolute atomic E-state index is 0.000231. The zero-order valence-electron chi connectivity index (χ0n) is 17.3. The van der Waals surface area contributed by atoms with E-state index in [1.807, 2.05) is 0 Å². The number of aryl methyl sites for hydroxylation is 1. The molecule has 0 spiro atoms. The van der Waals surface area contributed by atoms with Crippen molar-refractivity contribution in [1.82, 2.24) is 0 Å². The number of nitrogens with zero attached hydrogens (tertiary/aromatic N) is 1. The topological polar surface area (TPSA) is 119 Å². The van der Waals surface area contributed by atoms with Crippen LogP contribution >= 0.6 is 0 Å². The molecule has 0 aromatic heterocycles. The van der Waals surface area contributed by atoms with Gasteiger partial charge in [-0.1, -0.05) is 0 Å².